The average molecular weight is 606 g/mol. The lowest BCUT2D eigenvalue weighted by Crippen LogP contribution is -2.40. The number of halogens is 1. The van der Waals surface area contributed by atoms with E-state index in [9.17, 15) is 13.2 Å². The maximum absolute atomic E-state index is 13.6. The summed E-state index contributed by atoms with van der Waals surface area (Å²) in [6, 6.07) is 27.8. The van der Waals surface area contributed by atoms with Gasteiger partial charge in [0.25, 0.3) is 15.9 Å². The second-order valence-corrected chi connectivity index (χ2v) is 11.5. The molecule has 1 N–H and O–H groups in total. The largest absolute Gasteiger partial charge is 0.490 e. The van der Waals surface area contributed by atoms with E-state index in [1.54, 1.807) is 60.7 Å². The third-order valence-electron chi connectivity index (χ3n) is 6.24. The Kier molecular flexibility index (Phi) is 10.6. The fourth-order valence-electron chi connectivity index (χ4n) is 4.15. The molecule has 0 aliphatic rings. The van der Waals surface area contributed by atoms with Crippen LogP contribution in [-0.4, -0.2) is 33.7 Å². The highest BCUT2D eigenvalue weighted by Gasteiger charge is 2.28. The third-order valence-corrected chi connectivity index (χ3v) is 8.26. The third kappa shape index (κ3) is 7.90. The van der Waals surface area contributed by atoms with Crippen LogP contribution < -0.4 is 19.2 Å². The molecule has 0 aliphatic heterocycles. The molecule has 0 saturated carbocycles. The van der Waals surface area contributed by atoms with Gasteiger partial charge in [-0.15, -0.1) is 0 Å². The van der Waals surface area contributed by atoms with Crippen LogP contribution in [0.5, 0.6) is 11.5 Å². The zero-order valence-electron chi connectivity index (χ0n) is 23.4. The highest BCUT2D eigenvalue weighted by molar-refractivity contribution is 7.92. The topological polar surface area (TPSA) is 97.3 Å². The van der Waals surface area contributed by atoms with Crippen molar-refractivity contribution in [1.82, 2.24) is 5.43 Å². The second kappa shape index (κ2) is 14.5. The zero-order valence-corrected chi connectivity index (χ0v) is 24.9. The number of carbonyl (C=O) groups is 1. The van der Waals surface area contributed by atoms with E-state index in [-0.39, 0.29) is 4.90 Å². The number of sulfonamides is 1. The van der Waals surface area contributed by atoms with Crippen LogP contribution in [0.15, 0.2) is 107 Å². The number of hydrogen-bond acceptors (Lipinski definition) is 6. The quantitative estimate of drug-likeness (QED) is 0.144. The molecule has 8 nitrogen and oxygen atoms in total. The van der Waals surface area contributed by atoms with E-state index in [1.807, 2.05) is 38.1 Å². The van der Waals surface area contributed by atoms with Gasteiger partial charge in [0.1, 0.15) is 13.2 Å². The van der Waals surface area contributed by atoms with Crippen molar-refractivity contribution in [1.29, 1.82) is 0 Å². The number of hydrazone groups is 1. The highest BCUT2D eigenvalue weighted by Crippen LogP contribution is 2.29. The summed E-state index contributed by atoms with van der Waals surface area (Å²) in [5, 5.41) is 4.72. The minimum atomic E-state index is -4.02. The fraction of sp³-hybridized carbons (Fsp3) is 0.188. The predicted octanol–water partition coefficient (Wildman–Crippen LogP) is 6.23. The number of ether oxygens (including phenoxy) is 2. The van der Waals surface area contributed by atoms with Gasteiger partial charge in [0.2, 0.25) is 0 Å². The zero-order chi connectivity index (χ0) is 30.0. The summed E-state index contributed by atoms with van der Waals surface area (Å²) >= 11 is 5.96. The number of nitrogens with zero attached hydrogens (tertiary/aromatic N) is 2. The van der Waals surface area contributed by atoms with Gasteiger partial charge in [-0.1, -0.05) is 67.1 Å². The molecule has 0 heterocycles. The van der Waals surface area contributed by atoms with Crippen molar-refractivity contribution in [3.05, 3.63) is 119 Å². The van der Waals surface area contributed by atoms with E-state index in [1.165, 1.54) is 18.3 Å². The summed E-state index contributed by atoms with van der Waals surface area (Å²) in [7, 11) is -4.02. The van der Waals surface area contributed by atoms with Crippen LogP contribution in [0.4, 0.5) is 5.69 Å². The number of para-hydroxylation sites is 1. The molecular formula is C32H32ClN3O5S. The maximum atomic E-state index is 13.6. The molecule has 0 bridgehead atoms. The molecule has 42 heavy (non-hydrogen) atoms. The van der Waals surface area contributed by atoms with Crippen molar-refractivity contribution >= 4 is 39.4 Å². The molecule has 4 rings (SSSR count). The van der Waals surface area contributed by atoms with Crippen LogP contribution in [0.25, 0.3) is 0 Å². The van der Waals surface area contributed by atoms with Gasteiger partial charge in [-0.05, 0) is 78.6 Å². The minimum Gasteiger partial charge on any atom is -0.490 e. The van der Waals surface area contributed by atoms with E-state index in [0.29, 0.717) is 47.4 Å². The number of nitrogens with one attached hydrogen (secondary N) is 1. The Morgan fingerprint density at radius 3 is 2.33 bits per heavy atom. The standard InChI is InChI=1S/C32H32ClN3O5S/c1-3-26-10-8-9-13-29(26)36(42(38,39)28-11-6-5-7-12-28)22-32(37)35-34-21-25-16-19-30(31(20-25)40-4-2)41-23-24-14-17-27(33)18-15-24/h5-21H,3-4,22-23H2,1-2H3,(H,35,37)/b34-21-. The van der Waals surface area contributed by atoms with Crippen LogP contribution >= 0.6 is 11.6 Å². The first-order chi connectivity index (χ1) is 20.3. The number of rotatable bonds is 13. The van der Waals surface area contributed by atoms with Crippen LogP contribution in [0.2, 0.25) is 5.02 Å². The number of anilines is 1. The van der Waals surface area contributed by atoms with Crippen molar-refractivity contribution in [2.75, 3.05) is 17.5 Å². The molecule has 4 aromatic rings. The summed E-state index contributed by atoms with van der Waals surface area (Å²) in [6.45, 7) is 4.12. The van der Waals surface area contributed by atoms with Gasteiger partial charge < -0.3 is 9.47 Å². The predicted molar refractivity (Wildman–Crippen MR) is 166 cm³/mol. The Morgan fingerprint density at radius 2 is 1.62 bits per heavy atom. The van der Waals surface area contributed by atoms with E-state index >= 15 is 0 Å². The highest BCUT2D eigenvalue weighted by atomic mass is 35.5. The maximum Gasteiger partial charge on any atom is 0.264 e. The summed E-state index contributed by atoms with van der Waals surface area (Å²) in [6.07, 6.45) is 2.05. The van der Waals surface area contributed by atoms with Crippen molar-refractivity contribution < 1.29 is 22.7 Å². The van der Waals surface area contributed by atoms with Gasteiger partial charge in [0.05, 0.1) is 23.4 Å². The Balaban J connectivity index is 1.48. The van der Waals surface area contributed by atoms with Crippen LogP contribution in [0.1, 0.15) is 30.5 Å². The minimum absolute atomic E-state index is 0.0917. The molecule has 218 valence electrons. The van der Waals surface area contributed by atoms with Crippen molar-refractivity contribution in [2.45, 2.75) is 31.8 Å². The van der Waals surface area contributed by atoms with E-state index in [4.69, 9.17) is 21.1 Å². The Morgan fingerprint density at radius 1 is 0.905 bits per heavy atom. The number of benzene rings is 4. The molecule has 0 radical (unpaired) electrons. The molecule has 0 aromatic heterocycles. The fourth-order valence-corrected chi connectivity index (χ4v) is 5.76. The lowest BCUT2D eigenvalue weighted by Gasteiger charge is -2.25. The van der Waals surface area contributed by atoms with E-state index in [2.05, 4.69) is 10.5 Å². The summed E-state index contributed by atoms with van der Waals surface area (Å²) < 4.78 is 40.0. The molecule has 0 aliphatic carbocycles. The van der Waals surface area contributed by atoms with Crippen molar-refractivity contribution in [3.63, 3.8) is 0 Å². The molecule has 4 aromatic carbocycles. The Hall–Kier alpha value is -4.34. The SMILES string of the molecule is CCOc1cc(/C=N\NC(=O)CN(c2ccccc2CC)S(=O)(=O)c2ccccc2)ccc1OCc1ccc(Cl)cc1. The summed E-state index contributed by atoms with van der Waals surface area (Å²) in [5.74, 6) is 0.493. The van der Waals surface area contributed by atoms with Gasteiger partial charge >= 0.3 is 0 Å². The van der Waals surface area contributed by atoms with Gasteiger partial charge in [-0.2, -0.15) is 5.10 Å². The number of amides is 1. The van der Waals surface area contributed by atoms with E-state index < -0.39 is 22.5 Å². The Labute approximate surface area is 251 Å². The molecule has 0 fully saturated rings. The van der Waals surface area contributed by atoms with Gasteiger partial charge in [0, 0.05) is 5.02 Å². The summed E-state index contributed by atoms with van der Waals surface area (Å²) in [5.41, 5.74) is 5.31. The molecule has 0 atom stereocenters. The van der Waals surface area contributed by atoms with Gasteiger partial charge in [-0.3, -0.25) is 9.10 Å². The molecule has 10 heteroatoms. The molecule has 0 saturated heterocycles. The van der Waals surface area contributed by atoms with E-state index in [0.717, 1.165) is 15.4 Å². The van der Waals surface area contributed by atoms with Crippen LogP contribution in [-0.2, 0) is 27.8 Å². The first-order valence-corrected chi connectivity index (χ1v) is 15.2. The smallest absolute Gasteiger partial charge is 0.264 e. The monoisotopic (exact) mass is 605 g/mol. The second-order valence-electron chi connectivity index (χ2n) is 9.15. The van der Waals surface area contributed by atoms with Gasteiger partial charge in [0.15, 0.2) is 11.5 Å². The first-order valence-electron chi connectivity index (χ1n) is 13.4. The molecule has 0 unspecified atom stereocenters. The summed E-state index contributed by atoms with van der Waals surface area (Å²) in [4.78, 5) is 13.1. The molecular weight excluding hydrogens is 574 g/mol. The van der Waals surface area contributed by atoms with Crippen LogP contribution in [0, 0.1) is 0 Å². The number of hydrogen-bond donors (Lipinski definition) is 1. The first kappa shape index (κ1) is 30.6. The lowest BCUT2D eigenvalue weighted by atomic mass is 10.1. The van der Waals surface area contributed by atoms with Crippen LogP contribution in [0.3, 0.4) is 0 Å². The number of aryl methyl sites for hydroxylation is 1. The molecule has 1 amide bonds. The number of carbonyl (C=O) groups excluding carboxylic acids is 1. The van der Waals surface area contributed by atoms with Gasteiger partial charge in [-0.25, -0.2) is 13.8 Å². The lowest BCUT2D eigenvalue weighted by molar-refractivity contribution is -0.119. The average Bonchev–Trinajstić information content (AvgIpc) is 3.01. The normalized spacial score (nSPS) is 11.3. The molecule has 0 spiro atoms. The Bertz CT molecular complexity index is 1630. The van der Waals surface area contributed by atoms with Crippen molar-refractivity contribution in [2.24, 2.45) is 5.10 Å². The van der Waals surface area contributed by atoms with Crippen molar-refractivity contribution in [3.8, 4) is 11.5 Å².